The van der Waals surface area contributed by atoms with Crippen molar-refractivity contribution in [3.8, 4) is 11.4 Å². The van der Waals surface area contributed by atoms with Crippen LogP contribution in [0.4, 0.5) is 8.78 Å². The van der Waals surface area contributed by atoms with Crippen LogP contribution in [0.1, 0.15) is 38.8 Å². The molecule has 1 aromatic heterocycles. The van der Waals surface area contributed by atoms with E-state index in [2.05, 4.69) is 9.38 Å². The topological polar surface area (TPSA) is 81.4 Å². The standard InChI is InChI=1S/C22H23F2N3O3S/c1-12-10-14(13(2)26-31(29,30)22(3,4)5)19-15(11-12)21(28)27(6)20(25-19)18-16(23)8-7-9-17(18)24/h7-11H,1-6H3/b26-13-. The van der Waals surface area contributed by atoms with E-state index in [1.807, 2.05) is 0 Å². The van der Waals surface area contributed by atoms with E-state index >= 15 is 0 Å². The third kappa shape index (κ3) is 4.01. The van der Waals surface area contributed by atoms with Crippen LogP contribution in [0, 0.1) is 18.6 Å². The molecule has 0 unspecified atom stereocenters. The lowest BCUT2D eigenvalue weighted by molar-refractivity contribution is 0.562. The van der Waals surface area contributed by atoms with Crippen LogP contribution in [0.15, 0.2) is 39.5 Å². The number of aromatic nitrogens is 2. The molecule has 164 valence electrons. The summed E-state index contributed by atoms with van der Waals surface area (Å²) in [4.78, 5) is 17.4. The molecule has 31 heavy (non-hydrogen) atoms. The van der Waals surface area contributed by atoms with Gasteiger partial charge in [0.25, 0.3) is 15.6 Å². The Morgan fingerprint density at radius 2 is 1.71 bits per heavy atom. The van der Waals surface area contributed by atoms with E-state index in [0.717, 1.165) is 16.7 Å². The van der Waals surface area contributed by atoms with E-state index < -0.39 is 37.5 Å². The van der Waals surface area contributed by atoms with Crippen molar-refractivity contribution in [2.24, 2.45) is 11.4 Å². The molecule has 0 spiro atoms. The van der Waals surface area contributed by atoms with E-state index in [1.54, 1.807) is 19.1 Å². The van der Waals surface area contributed by atoms with Gasteiger partial charge in [-0.2, -0.15) is 4.40 Å². The molecule has 0 saturated carbocycles. The molecule has 0 aliphatic rings. The Labute approximate surface area is 179 Å². The lowest BCUT2D eigenvalue weighted by Crippen LogP contribution is -2.27. The molecule has 0 radical (unpaired) electrons. The quantitative estimate of drug-likeness (QED) is 0.566. The molecule has 0 amide bonds. The molecule has 0 aliphatic carbocycles. The van der Waals surface area contributed by atoms with Crippen molar-refractivity contribution in [2.75, 3.05) is 0 Å². The first-order chi connectivity index (χ1) is 14.2. The summed E-state index contributed by atoms with van der Waals surface area (Å²) in [7, 11) is -2.49. The van der Waals surface area contributed by atoms with Crippen molar-refractivity contribution in [1.82, 2.24) is 9.55 Å². The van der Waals surface area contributed by atoms with Crippen LogP contribution < -0.4 is 5.56 Å². The molecule has 0 bridgehead atoms. The van der Waals surface area contributed by atoms with E-state index in [-0.39, 0.29) is 22.4 Å². The maximum Gasteiger partial charge on any atom is 0.261 e. The van der Waals surface area contributed by atoms with Gasteiger partial charge in [0.2, 0.25) is 0 Å². The number of fused-ring (bicyclic) bond motifs is 1. The maximum absolute atomic E-state index is 14.4. The first-order valence-corrected chi connectivity index (χ1v) is 11.0. The van der Waals surface area contributed by atoms with Gasteiger partial charge in [-0.15, -0.1) is 0 Å². The van der Waals surface area contributed by atoms with Gasteiger partial charge in [-0.25, -0.2) is 22.2 Å². The number of hydrogen-bond acceptors (Lipinski definition) is 4. The summed E-state index contributed by atoms with van der Waals surface area (Å²) in [6.07, 6.45) is 0. The summed E-state index contributed by atoms with van der Waals surface area (Å²) in [6, 6.07) is 6.62. The molecule has 3 rings (SSSR count). The molecular formula is C22H23F2N3O3S. The van der Waals surface area contributed by atoms with Crippen LogP contribution in [0.3, 0.4) is 0 Å². The van der Waals surface area contributed by atoms with Gasteiger partial charge >= 0.3 is 0 Å². The van der Waals surface area contributed by atoms with Crippen LogP contribution in [0.25, 0.3) is 22.3 Å². The predicted octanol–water partition coefficient (Wildman–Crippen LogP) is 4.12. The van der Waals surface area contributed by atoms with Crippen LogP contribution >= 0.6 is 0 Å². The summed E-state index contributed by atoms with van der Waals surface area (Å²) in [5, 5.41) is 0.195. The van der Waals surface area contributed by atoms with Gasteiger partial charge in [0.05, 0.1) is 26.9 Å². The highest BCUT2D eigenvalue weighted by Gasteiger charge is 2.29. The summed E-state index contributed by atoms with van der Waals surface area (Å²) in [5.41, 5.74) is 0.292. The second-order valence-corrected chi connectivity index (χ2v) is 10.7. The molecule has 6 nitrogen and oxygen atoms in total. The van der Waals surface area contributed by atoms with Crippen LogP contribution in [-0.2, 0) is 17.1 Å². The summed E-state index contributed by atoms with van der Waals surface area (Å²) < 4.78 is 57.9. The molecule has 0 aliphatic heterocycles. The highest BCUT2D eigenvalue weighted by molar-refractivity contribution is 7.91. The van der Waals surface area contributed by atoms with Crippen molar-refractivity contribution in [3.05, 3.63) is 63.4 Å². The maximum atomic E-state index is 14.4. The highest BCUT2D eigenvalue weighted by atomic mass is 32.2. The van der Waals surface area contributed by atoms with E-state index in [1.165, 1.54) is 40.8 Å². The fraction of sp³-hybridized carbons (Fsp3) is 0.318. The summed E-state index contributed by atoms with van der Waals surface area (Å²) in [6.45, 7) is 7.83. The van der Waals surface area contributed by atoms with Crippen molar-refractivity contribution in [2.45, 2.75) is 39.4 Å². The van der Waals surface area contributed by atoms with E-state index in [9.17, 15) is 22.0 Å². The number of nitrogens with zero attached hydrogens (tertiary/aromatic N) is 3. The van der Waals surface area contributed by atoms with Gasteiger partial charge in [0, 0.05) is 12.6 Å². The third-order valence-electron chi connectivity index (χ3n) is 4.93. The fourth-order valence-corrected chi connectivity index (χ4v) is 3.83. The highest BCUT2D eigenvalue weighted by Crippen LogP contribution is 2.27. The van der Waals surface area contributed by atoms with E-state index in [0.29, 0.717) is 11.1 Å². The van der Waals surface area contributed by atoms with Gasteiger partial charge in [-0.1, -0.05) is 6.07 Å². The zero-order valence-electron chi connectivity index (χ0n) is 18.1. The number of hydrogen-bond donors (Lipinski definition) is 0. The molecule has 9 heteroatoms. The normalized spacial score (nSPS) is 13.1. The summed E-state index contributed by atoms with van der Waals surface area (Å²) in [5.74, 6) is -1.93. The minimum absolute atomic E-state index is 0.122. The Morgan fingerprint density at radius 3 is 2.26 bits per heavy atom. The number of sulfonamides is 1. The largest absolute Gasteiger partial charge is 0.295 e. The Balaban J connectivity index is 2.43. The third-order valence-corrected chi connectivity index (χ3v) is 6.99. The minimum atomic E-state index is -3.86. The molecule has 0 atom stereocenters. The number of aryl methyl sites for hydroxylation is 1. The lowest BCUT2D eigenvalue weighted by Gasteiger charge is -2.17. The van der Waals surface area contributed by atoms with Gasteiger partial charge in [0.1, 0.15) is 17.5 Å². The van der Waals surface area contributed by atoms with E-state index in [4.69, 9.17) is 0 Å². The molecule has 0 saturated heterocycles. The first kappa shape index (κ1) is 22.7. The zero-order valence-corrected chi connectivity index (χ0v) is 18.9. The van der Waals surface area contributed by atoms with Crippen LogP contribution in [0.2, 0.25) is 0 Å². The second kappa shape index (κ2) is 7.64. The minimum Gasteiger partial charge on any atom is -0.295 e. The monoisotopic (exact) mass is 447 g/mol. The first-order valence-electron chi connectivity index (χ1n) is 9.52. The van der Waals surface area contributed by atoms with Gasteiger partial charge in [0.15, 0.2) is 0 Å². The van der Waals surface area contributed by atoms with Gasteiger partial charge < -0.3 is 0 Å². The molecular weight excluding hydrogens is 424 g/mol. The van der Waals surface area contributed by atoms with Crippen molar-refractivity contribution < 1.29 is 17.2 Å². The second-order valence-electron chi connectivity index (χ2n) is 8.37. The molecule has 1 heterocycles. The number of benzene rings is 2. The average molecular weight is 448 g/mol. The zero-order chi connectivity index (χ0) is 23.3. The molecule has 3 aromatic rings. The van der Waals surface area contributed by atoms with Gasteiger partial charge in [-0.3, -0.25) is 9.36 Å². The smallest absolute Gasteiger partial charge is 0.261 e. The van der Waals surface area contributed by atoms with Gasteiger partial charge in [-0.05, 0) is 64.4 Å². The van der Waals surface area contributed by atoms with Crippen molar-refractivity contribution in [1.29, 1.82) is 0 Å². The summed E-state index contributed by atoms with van der Waals surface area (Å²) >= 11 is 0. The van der Waals surface area contributed by atoms with Crippen molar-refractivity contribution >= 4 is 26.6 Å². The van der Waals surface area contributed by atoms with Crippen LogP contribution in [-0.4, -0.2) is 28.4 Å². The number of rotatable bonds is 3. The predicted molar refractivity (Wildman–Crippen MR) is 118 cm³/mol. The van der Waals surface area contributed by atoms with Crippen molar-refractivity contribution in [3.63, 3.8) is 0 Å². The Kier molecular flexibility index (Phi) is 5.60. The van der Waals surface area contributed by atoms with Crippen LogP contribution in [0.5, 0.6) is 0 Å². The fourth-order valence-electron chi connectivity index (χ4n) is 3.10. The Hall–Kier alpha value is -2.94. The molecule has 0 N–H and O–H groups in total. The molecule has 0 fully saturated rings. The number of halogens is 2. The average Bonchev–Trinajstić information content (AvgIpc) is 2.64. The Morgan fingerprint density at radius 1 is 1.13 bits per heavy atom. The lowest BCUT2D eigenvalue weighted by atomic mass is 10.0. The molecule has 2 aromatic carbocycles. The Bertz CT molecular complexity index is 1380. The SMILES string of the molecule is C/C(=N/S(=O)(=O)C(C)(C)C)c1cc(C)cc2c(=O)n(C)c(-c3c(F)cccc3F)nc12.